The first-order valence-electron chi connectivity index (χ1n) is 15.1. The highest BCUT2D eigenvalue weighted by atomic mass is 32.2. The van der Waals surface area contributed by atoms with Crippen LogP contribution in [-0.2, 0) is 32.3 Å². The van der Waals surface area contributed by atoms with E-state index in [1.807, 2.05) is 24.8 Å². The zero-order valence-electron chi connectivity index (χ0n) is 25.8. The number of carbonyl (C=O) groups excluding carboxylic acids is 1. The van der Waals surface area contributed by atoms with Gasteiger partial charge in [-0.2, -0.15) is 0 Å². The molecule has 1 saturated heterocycles. The van der Waals surface area contributed by atoms with E-state index in [9.17, 15) is 23.1 Å². The topological polar surface area (TPSA) is 122 Å². The van der Waals surface area contributed by atoms with E-state index in [-0.39, 0.29) is 29.9 Å². The summed E-state index contributed by atoms with van der Waals surface area (Å²) < 4.78 is 36.2. The molecule has 2 heterocycles. The third-order valence-electron chi connectivity index (χ3n) is 8.89. The number of fused-ring (bicyclic) bond motifs is 1. The van der Waals surface area contributed by atoms with Crippen LogP contribution < -0.4 is 14.8 Å². The van der Waals surface area contributed by atoms with Gasteiger partial charge in [-0.1, -0.05) is 56.7 Å². The van der Waals surface area contributed by atoms with Crippen molar-refractivity contribution in [2.24, 2.45) is 5.92 Å². The fourth-order valence-corrected chi connectivity index (χ4v) is 7.58. The maximum absolute atomic E-state index is 13.7. The van der Waals surface area contributed by atoms with Crippen molar-refractivity contribution in [1.29, 1.82) is 0 Å². The van der Waals surface area contributed by atoms with Gasteiger partial charge in [0.2, 0.25) is 12.7 Å². The van der Waals surface area contributed by atoms with E-state index in [0.717, 1.165) is 46.3 Å². The predicted octanol–water partition coefficient (Wildman–Crippen LogP) is 5.43. The summed E-state index contributed by atoms with van der Waals surface area (Å²) in [5, 5.41) is 13.8. The molecule has 0 aromatic heterocycles. The SMILES string of the molecule is CCc1cc(C)cc(CC)c1NC(=O)CN1C[C@H](c2ccc3c(c2C)OCO3)[C@@H](C(=O)O)[C@@H]1c1ccc(S(=O)(=O)CC)cc1. The Labute approximate surface area is 259 Å². The van der Waals surface area contributed by atoms with Crippen LogP contribution in [0.5, 0.6) is 11.5 Å². The van der Waals surface area contributed by atoms with E-state index in [0.29, 0.717) is 23.6 Å². The van der Waals surface area contributed by atoms with Crippen LogP contribution in [0.4, 0.5) is 5.69 Å². The number of nitrogens with one attached hydrogen (secondary N) is 1. The molecule has 0 bridgehead atoms. The second kappa shape index (κ2) is 12.6. The minimum absolute atomic E-state index is 0.0379. The van der Waals surface area contributed by atoms with Crippen molar-refractivity contribution >= 4 is 27.4 Å². The molecule has 0 saturated carbocycles. The largest absolute Gasteiger partial charge is 0.481 e. The number of hydrogen-bond acceptors (Lipinski definition) is 7. The lowest BCUT2D eigenvalue weighted by atomic mass is 9.81. The van der Waals surface area contributed by atoms with Gasteiger partial charge in [-0.3, -0.25) is 14.5 Å². The standard InChI is InChI=1S/C34H40N2O7S/c1-6-22-15-20(4)16-23(7-2)31(22)35-29(37)18-36-17-27(26-13-14-28-33(21(26)5)43-19-42-28)30(34(38)39)32(36)24-9-11-25(12-10-24)44(40,41)8-3/h9-16,27,30,32H,6-8,17-19H2,1-5H3,(H,35,37)(H,38,39)/t27-,30-,32+/m1/s1. The smallest absolute Gasteiger partial charge is 0.309 e. The van der Waals surface area contributed by atoms with Crippen LogP contribution in [0.25, 0.3) is 0 Å². The maximum Gasteiger partial charge on any atom is 0.309 e. The lowest BCUT2D eigenvalue weighted by Crippen LogP contribution is -2.35. The van der Waals surface area contributed by atoms with Crippen molar-refractivity contribution in [2.75, 3.05) is 31.0 Å². The Morgan fingerprint density at radius 2 is 1.64 bits per heavy atom. The van der Waals surface area contributed by atoms with Crippen molar-refractivity contribution in [1.82, 2.24) is 4.90 Å². The molecule has 1 fully saturated rings. The van der Waals surface area contributed by atoms with Gasteiger partial charge in [0.05, 0.1) is 23.1 Å². The van der Waals surface area contributed by atoms with Gasteiger partial charge in [0, 0.05) is 24.2 Å². The van der Waals surface area contributed by atoms with Crippen molar-refractivity contribution in [3.8, 4) is 11.5 Å². The number of carboxylic acids is 1. The summed E-state index contributed by atoms with van der Waals surface area (Å²) in [5.74, 6) is -1.42. The number of anilines is 1. The summed E-state index contributed by atoms with van der Waals surface area (Å²) in [4.78, 5) is 28.8. The summed E-state index contributed by atoms with van der Waals surface area (Å²) in [6.45, 7) is 10.0. The molecular formula is C34H40N2O7S. The molecular weight excluding hydrogens is 580 g/mol. The van der Waals surface area contributed by atoms with Gasteiger partial charge in [0.1, 0.15) is 0 Å². The van der Waals surface area contributed by atoms with E-state index >= 15 is 0 Å². The summed E-state index contributed by atoms with van der Waals surface area (Å²) in [6.07, 6.45) is 1.52. The van der Waals surface area contributed by atoms with Gasteiger partial charge < -0.3 is 19.9 Å². The van der Waals surface area contributed by atoms with Crippen molar-refractivity contribution in [3.63, 3.8) is 0 Å². The molecule has 2 aliphatic rings. The summed E-state index contributed by atoms with van der Waals surface area (Å²) in [5.41, 5.74) is 6.33. The fourth-order valence-electron chi connectivity index (χ4n) is 6.70. The number of likely N-dealkylation sites (tertiary alicyclic amines) is 1. The highest BCUT2D eigenvalue weighted by Crippen LogP contribution is 2.49. The molecule has 0 radical (unpaired) electrons. The minimum Gasteiger partial charge on any atom is -0.481 e. The number of sulfone groups is 1. The zero-order chi connectivity index (χ0) is 31.8. The molecule has 234 valence electrons. The maximum atomic E-state index is 13.7. The molecule has 10 heteroatoms. The zero-order valence-corrected chi connectivity index (χ0v) is 26.7. The Morgan fingerprint density at radius 1 is 0.977 bits per heavy atom. The lowest BCUT2D eigenvalue weighted by Gasteiger charge is -2.27. The van der Waals surface area contributed by atoms with Crippen molar-refractivity contribution in [3.05, 3.63) is 81.9 Å². The Balaban J connectivity index is 1.54. The van der Waals surface area contributed by atoms with Crippen LogP contribution in [0.2, 0.25) is 0 Å². The molecule has 0 unspecified atom stereocenters. The highest BCUT2D eigenvalue weighted by molar-refractivity contribution is 7.91. The molecule has 5 rings (SSSR count). The molecule has 2 aliphatic heterocycles. The van der Waals surface area contributed by atoms with Crippen LogP contribution in [0.1, 0.15) is 66.1 Å². The van der Waals surface area contributed by atoms with Crippen LogP contribution in [0.15, 0.2) is 53.4 Å². The van der Waals surface area contributed by atoms with Gasteiger partial charge >= 0.3 is 5.97 Å². The molecule has 9 nitrogen and oxygen atoms in total. The highest BCUT2D eigenvalue weighted by Gasteiger charge is 2.48. The third kappa shape index (κ3) is 5.93. The summed E-state index contributed by atoms with van der Waals surface area (Å²) >= 11 is 0. The van der Waals surface area contributed by atoms with Crippen LogP contribution in [0, 0.1) is 19.8 Å². The van der Waals surface area contributed by atoms with E-state index in [4.69, 9.17) is 9.47 Å². The first-order valence-corrected chi connectivity index (χ1v) is 16.7. The average molecular weight is 621 g/mol. The van der Waals surface area contributed by atoms with Gasteiger partial charge in [-0.05, 0) is 72.7 Å². The fraction of sp³-hybridized carbons (Fsp3) is 0.412. The molecule has 44 heavy (non-hydrogen) atoms. The second-order valence-electron chi connectivity index (χ2n) is 11.5. The number of carbonyl (C=O) groups is 2. The number of aliphatic carboxylic acids is 1. The number of rotatable bonds is 10. The first-order chi connectivity index (χ1) is 21.0. The number of carboxylic acid groups (broad SMARTS) is 1. The van der Waals surface area contributed by atoms with Gasteiger partial charge in [-0.25, -0.2) is 8.42 Å². The average Bonchev–Trinajstić information content (AvgIpc) is 3.63. The molecule has 3 aromatic rings. The van der Waals surface area contributed by atoms with Crippen LogP contribution in [-0.4, -0.2) is 55.9 Å². The van der Waals surface area contributed by atoms with Crippen LogP contribution in [0.3, 0.4) is 0 Å². The van der Waals surface area contributed by atoms with E-state index in [1.54, 1.807) is 25.1 Å². The molecule has 1 amide bonds. The normalized spacial score (nSPS) is 19.7. The van der Waals surface area contributed by atoms with Gasteiger partial charge in [0.25, 0.3) is 0 Å². The van der Waals surface area contributed by atoms with Crippen LogP contribution >= 0.6 is 0 Å². The second-order valence-corrected chi connectivity index (χ2v) is 13.8. The third-order valence-corrected chi connectivity index (χ3v) is 10.6. The lowest BCUT2D eigenvalue weighted by molar-refractivity contribution is -0.143. The number of aryl methyl sites for hydroxylation is 3. The Kier molecular flexibility index (Phi) is 9.04. The van der Waals surface area contributed by atoms with Crippen molar-refractivity contribution in [2.45, 2.75) is 64.3 Å². The number of nitrogens with zero attached hydrogens (tertiary/aromatic N) is 1. The Bertz CT molecular complexity index is 1660. The van der Waals surface area contributed by atoms with E-state index in [1.165, 1.54) is 12.1 Å². The number of ether oxygens (including phenoxy) is 2. The Morgan fingerprint density at radius 3 is 2.23 bits per heavy atom. The molecule has 0 aliphatic carbocycles. The number of hydrogen-bond donors (Lipinski definition) is 2. The molecule has 0 spiro atoms. The quantitative estimate of drug-likeness (QED) is 0.308. The molecule has 3 aromatic carbocycles. The van der Waals surface area contributed by atoms with Gasteiger partial charge in [0.15, 0.2) is 21.3 Å². The monoisotopic (exact) mass is 620 g/mol. The molecule has 3 atom stereocenters. The summed E-state index contributed by atoms with van der Waals surface area (Å²) in [7, 11) is -3.44. The first kappa shape index (κ1) is 31.5. The number of amides is 1. The van der Waals surface area contributed by atoms with E-state index in [2.05, 4.69) is 31.3 Å². The number of benzene rings is 3. The van der Waals surface area contributed by atoms with Crippen molar-refractivity contribution < 1.29 is 32.6 Å². The minimum atomic E-state index is -3.44. The molecule has 2 N–H and O–H groups in total. The summed E-state index contributed by atoms with van der Waals surface area (Å²) in [6, 6.07) is 13.6. The predicted molar refractivity (Wildman–Crippen MR) is 168 cm³/mol. The Hall–Kier alpha value is -3.89. The van der Waals surface area contributed by atoms with E-state index < -0.39 is 33.7 Å². The van der Waals surface area contributed by atoms with Gasteiger partial charge in [-0.15, -0.1) is 0 Å².